The van der Waals surface area contributed by atoms with E-state index in [1.54, 1.807) is 0 Å². The molecule has 4 heteroatoms. The van der Waals surface area contributed by atoms with Crippen LogP contribution in [-0.4, -0.2) is 18.1 Å². The zero-order chi connectivity index (χ0) is 12.2. The van der Waals surface area contributed by atoms with Crippen LogP contribution in [0.15, 0.2) is 0 Å². The third-order valence-corrected chi connectivity index (χ3v) is 10.9. The molecule has 0 aliphatic rings. The molecule has 0 heterocycles. The number of hydrogen-bond donors (Lipinski definition) is 0. The Hall–Kier alpha value is 0.684. The highest BCUT2D eigenvalue weighted by Gasteiger charge is 2.44. The lowest BCUT2D eigenvalue weighted by atomic mass is 10.5. The molecule has 0 rings (SSSR count). The molecular formula is C12H28ClOSi2-. The van der Waals surface area contributed by atoms with Gasteiger partial charge in [0.1, 0.15) is 0 Å². The summed E-state index contributed by atoms with van der Waals surface area (Å²) in [6.45, 7) is 18.6. The van der Waals surface area contributed by atoms with E-state index < -0.39 is 8.32 Å². The predicted molar refractivity (Wildman–Crippen MR) is 73.0 cm³/mol. The van der Waals surface area contributed by atoms with E-state index in [2.05, 4.69) is 55.4 Å². The van der Waals surface area contributed by atoms with Crippen LogP contribution >= 0.6 is 0 Å². The van der Waals surface area contributed by atoms with Crippen LogP contribution in [0, 0.1) is 0 Å². The van der Waals surface area contributed by atoms with E-state index in [0.717, 1.165) is 0 Å². The Bertz CT molecular complexity index is 160. The van der Waals surface area contributed by atoms with E-state index in [0.29, 0.717) is 31.9 Å². The number of rotatable bonds is 6. The summed E-state index contributed by atoms with van der Waals surface area (Å²) in [6.07, 6.45) is 0. The zero-order valence-electron chi connectivity index (χ0n) is 12.1. The van der Waals surface area contributed by atoms with Gasteiger partial charge in [-0.1, -0.05) is 55.4 Å². The molecule has 0 N–H and O–H groups in total. The summed E-state index contributed by atoms with van der Waals surface area (Å²) in [5.41, 5.74) is 2.81. The molecule has 0 fully saturated rings. The molecule has 1 nitrogen and oxygen atoms in total. The number of halogens is 1. The highest BCUT2D eigenvalue weighted by atomic mass is 35.5. The lowest BCUT2D eigenvalue weighted by molar-refractivity contribution is -0.00000421. The molecule has 0 spiro atoms. The molecule has 0 saturated carbocycles. The summed E-state index contributed by atoms with van der Waals surface area (Å²) in [6, 6.07) is 0. The van der Waals surface area contributed by atoms with Crippen LogP contribution in [0.2, 0.25) is 22.2 Å². The van der Waals surface area contributed by atoms with Gasteiger partial charge in [-0.3, -0.25) is 0 Å². The Morgan fingerprint density at radius 2 is 1.06 bits per heavy atom. The Labute approximate surface area is 112 Å². The monoisotopic (exact) mass is 279 g/mol. The van der Waals surface area contributed by atoms with E-state index in [9.17, 15) is 0 Å². The average Bonchev–Trinajstić information content (AvgIpc) is 2.02. The molecule has 0 aromatic heterocycles. The quantitative estimate of drug-likeness (QED) is 0.672. The minimum absolute atomic E-state index is 0. The van der Waals surface area contributed by atoms with Gasteiger partial charge >= 0.3 is 0 Å². The van der Waals surface area contributed by atoms with Crippen LogP contribution in [-0.2, 0) is 4.12 Å². The van der Waals surface area contributed by atoms with Crippen LogP contribution in [0.3, 0.4) is 0 Å². The molecule has 0 aromatic rings. The van der Waals surface area contributed by atoms with E-state index in [4.69, 9.17) is 4.12 Å². The molecule has 98 valence electrons. The standard InChI is InChI=1S/C12H28OSi2.ClH/c1-9(2)14-13-15(10(3)4,11(5)6)12(7)8;/h9-12H,1-8H3;1H/p-1. The normalized spacial score (nSPS) is 12.8. The highest BCUT2D eigenvalue weighted by molar-refractivity contribution is 6.81. The van der Waals surface area contributed by atoms with Gasteiger partial charge in [0.2, 0.25) is 9.76 Å². The van der Waals surface area contributed by atoms with Crippen molar-refractivity contribution in [1.29, 1.82) is 0 Å². The fourth-order valence-electron chi connectivity index (χ4n) is 2.57. The molecule has 0 saturated heterocycles. The maximum Gasteiger partial charge on any atom is 0.218 e. The maximum atomic E-state index is 6.44. The molecule has 0 atom stereocenters. The fourth-order valence-corrected chi connectivity index (χ4v) is 11.2. The third-order valence-electron chi connectivity index (χ3n) is 3.18. The van der Waals surface area contributed by atoms with Crippen molar-refractivity contribution in [1.82, 2.24) is 0 Å². The average molecular weight is 280 g/mol. The smallest absolute Gasteiger partial charge is 0.218 e. The molecule has 16 heavy (non-hydrogen) atoms. The first kappa shape index (κ1) is 19.0. The molecule has 0 bridgehead atoms. The van der Waals surface area contributed by atoms with E-state index >= 15 is 0 Å². The fraction of sp³-hybridized carbons (Fsp3) is 1.00. The molecular weight excluding hydrogens is 252 g/mol. The molecule has 0 aromatic carbocycles. The van der Waals surface area contributed by atoms with Crippen LogP contribution in [0.1, 0.15) is 55.4 Å². The largest absolute Gasteiger partial charge is 1.00 e. The Morgan fingerprint density at radius 3 is 1.25 bits per heavy atom. The van der Waals surface area contributed by atoms with Crippen molar-refractivity contribution in [3.8, 4) is 0 Å². The second-order valence-corrected chi connectivity index (χ2v) is 13.1. The molecule has 0 unspecified atom stereocenters. The second-order valence-electron chi connectivity index (χ2n) is 5.69. The van der Waals surface area contributed by atoms with Crippen LogP contribution in [0.4, 0.5) is 0 Å². The summed E-state index contributed by atoms with van der Waals surface area (Å²) in [5, 5.41) is 0. The minimum atomic E-state index is -1.58. The summed E-state index contributed by atoms with van der Waals surface area (Å²) in [7, 11) is -0.898. The summed E-state index contributed by atoms with van der Waals surface area (Å²) in [5.74, 6) is 0. The Morgan fingerprint density at radius 1 is 0.750 bits per heavy atom. The van der Waals surface area contributed by atoms with Crippen molar-refractivity contribution < 1.29 is 16.5 Å². The van der Waals surface area contributed by atoms with Crippen molar-refractivity contribution in [2.45, 2.75) is 77.6 Å². The zero-order valence-corrected chi connectivity index (χ0v) is 14.9. The first-order valence-electron chi connectivity index (χ1n) is 6.18. The first-order chi connectivity index (χ1) is 6.75. The molecule has 2 radical (unpaired) electrons. The number of hydrogen-bond acceptors (Lipinski definition) is 1. The predicted octanol–water partition coefficient (Wildman–Crippen LogP) is 1.63. The lowest BCUT2D eigenvalue weighted by Crippen LogP contribution is -3.00. The van der Waals surface area contributed by atoms with Gasteiger partial charge in [0, 0.05) is 0 Å². The minimum Gasteiger partial charge on any atom is -1.00 e. The van der Waals surface area contributed by atoms with Gasteiger partial charge in [-0.2, -0.15) is 0 Å². The first-order valence-corrected chi connectivity index (χ1v) is 9.31. The topological polar surface area (TPSA) is 9.23 Å². The molecule has 0 aliphatic carbocycles. The van der Waals surface area contributed by atoms with Gasteiger partial charge in [0.25, 0.3) is 0 Å². The van der Waals surface area contributed by atoms with Crippen molar-refractivity contribution in [2.24, 2.45) is 0 Å². The van der Waals surface area contributed by atoms with Crippen LogP contribution in [0.5, 0.6) is 0 Å². The second kappa shape index (κ2) is 7.90. The Kier molecular flexibility index (Phi) is 9.40. The van der Waals surface area contributed by atoms with Crippen LogP contribution in [0.25, 0.3) is 0 Å². The maximum absolute atomic E-state index is 6.44. The van der Waals surface area contributed by atoms with E-state index in [-0.39, 0.29) is 12.4 Å². The third kappa shape index (κ3) is 4.51. The van der Waals surface area contributed by atoms with Gasteiger partial charge in [0.05, 0.1) is 0 Å². The molecule has 0 amide bonds. The van der Waals surface area contributed by atoms with Crippen molar-refractivity contribution in [3.63, 3.8) is 0 Å². The van der Waals surface area contributed by atoms with Crippen molar-refractivity contribution >= 4 is 18.1 Å². The summed E-state index contributed by atoms with van der Waals surface area (Å²) >= 11 is 0. The van der Waals surface area contributed by atoms with E-state index in [1.807, 2.05) is 0 Å². The lowest BCUT2D eigenvalue weighted by Gasteiger charge is -2.42. The van der Waals surface area contributed by atoms with Gasteiger partial charge in [-0.05, 0) is 22.2 Å². The van der Waals surface area contributed by atoms with Gasteiger partial charge in [-0.25, -0.2) is 0 Å². The van der Waals surface area contributed by atoms with Gasteiger partial charge < -0.3 is 16.5 Å². The van der Waals surface area contributed by atoms with Crippen LogP contribution < -0.4 is 12.4 Å². The Balaban J connectivity index is 0. The highest BCUT2D eigenvalue weighted by Crippen LogP contribution is 2.42. The summed E-state index contributed by atoms with van der Waals surface area (Å²) in [4.78, 5) is 0. The van der Waals surface area contributed by atoms with Gasteiger partial charge in [-0.15, -0.1) is 0 Å². The van der Waals surface area contributed by atoms with Crippen molar-refractivity contribution in [2.75, 3.05) is 0 Å². The van der Waals surface area contributed by atoms with Gasteiger partial charge in [0.15, 0.2) is 8.32 Å². The summed E-state index contributed by atoms with van der Waals surface area (Å²) < 4.78 is 6.44. The molecule has 0 aliphatic heterocycles. The van der Waals surface area contributed by atoms with Crippen molar-refractivity contribution in [3.05, 3.63) is 0 Å². The van der Waals surface area contributed by atoms with E-state index in [1.165, 1.54) is 0 Å². The SMILES string of the molecule is CC(C)[Si]O[Si](C(C)C)(C(C)C)C(C)C.[Cl-].